The third-order valence-electron chi connectivity index (χ3n) is 3.76. The number of carbonyl (C=O) groups is 1. The molecule has 2 rings (SSSR count). The fraction of sp³-hybridized carbons (Fsp3) is 0.667. The second-order valence-corrected chi connectivity index (χ2v) is 5.42. The third kappa shape index (κ3) is 4.67. The Bertz CT molecular complexity index is 459. The standard InChI is InChI=1S/C15H24N4O2/c1-12-10-16-11-14(18-12)19-7-4-13(5-8-19)15(20)17-6-3-9-21-2/h10-11,13H,3-9H2,1-2H3,(H,17,20). The van der Waals surface area contributed by atoms with Crippen molar-refractivity contribution in [2.24, 2.45) is 5.92 Å². The van der Waals surface area contributed by atoms with E-state index in [2.05, 4.69) is 20.2 Å². The normalized spacial score (nSPS) is 16.0. The van der Waals surface area contributed by atoms with Crippen molar-refractivity contribution in [2.45, 2.75) is 26.2 Å². The van der Waals surface area contributed by atoms with Gasteiger partial charge in [-0.15, -0.1) is 0 Å². The van der Waals surface area contributed by atoms with Crippen molar-refractivity contribution in [3.8, 4) is 0 Å². The second-order valence-electron chi connectivity index (χ2n) is 5.42. The molecule has 21 heavy (non-hydrogen) atoms. The largest absolute Gasteiger partial charge is 0.385 e. The topological polar surface area (TPSA) is 67.3 Å². The predicted molar refractivity (Wildman–Crippen MR) is 81.2 cm³/mol. The summed E-state index contributed by atoms with van der Waals surface area (Å²) in [5, 5.41) is 2.99. The van der Waals surface area contributed by atoms with Crippen molar-refractivity contribution in [1.82, 2.24) is 15.3 Å². The van der Waals surface area contributed by atoms with Gasteiger partial charge >= 0.3 is 0 Å². The number of nitrogens with zero attached hydrogens (tertiary/aromatic N) is 3. The maximum atomic E-state index is 12.1. The quantitative estimate of drug-likeness (QED) is 0.797. The van der Waals surface area contributed by atoms with Gasteiger partial charge < -0.3 is 15.0 Å². The van der Waals surface area contributed by atoms with Crippen molar-refractivity contribution >= 4 is 11.7 Å². The van der Waals surface area contributed by atoms with E-state index in [1.54, 1.807) is 19.5 Å². The maximum absolute atomic E-state index is 12.1. The molecule has 0 spiro atoms. The molecule has 1 aromatic heterocycles. The molecule has 116 valence electrons. The van der Waals surface area contributed by atoms with E-state index in [0.29, 0.717) is 13.2 Å². The van der Waals surface area contributed by atoms with Crippen LogP contribution in [0.2, 0.25) is 0 Å². The summed E-state index contributed by atoms with van der Waals surface area (Å²) < 4.78 is 4.97. The SMILES string of the molecule is COCCCNC(=O)C1CCN(c2cncc(C)n2)CC1. The first-order valence-corrected chi connectivity index (χ1v) is 7.51. The number of rotatable bonds is 6. The number of ether oxygens (including phenoxy) is 1. The first-order valence-electron chi connectivity index (χ1n) is 7.51. The van der Waals surface area contributed by atoms with Crippen LogP contribution < -0.4 is 10.2 Å². The Morgan fingerprint density at radius 2 is 2.19 bits per heavy atom. The highest BCUT2D eigenvalue weighted by atomic mass is 16.5. The Morgan fingerprint density at radius 1 is 1.43 bits per heavy atom. The van der Waals surface area contributed by atoms with Crippen LogP contribution in [-0.4, -0.2) is 49.2 Å². The smallest absolute Gasteiger partial charge is 0.223 e. The highest BCUT2D eigenvalue weighted by Gasteiger charge is 2.25. The van der Waals surface area contributed by atoms with Gasteiger partial charge in [-0.2, -0.15) is 0 Å². The average Bonchev–Trinajstić information content (AvgIpc) is 2.51. The maximum Gasteiger partial charge on any atom is 0.223 e. The van der Waals surface area contributed by atoms with Crippen LogP contribution in [0, 0.1) is 12.8 Å². The zero-order valence-electron chi connectivity index (χ0n) is 12.8. The average molecular weight is 292 g/mol. The van der Waals surface area contributed by atoms with Gasteiger partial charge in [0.15, 0.2) is 0 Å². The Hall–Kier alpha value is -1.69. The van der Waals surface area contributed by atoms with Gasteiger partial charge in [0.05, 0.1) is 11.9 Å². The zero-order chi connectivity index (χ0) is 15.1. The molecule has 1 saturated heterocycles. The lowest BCUT2D eigenvalue weighted by atomic mass is 9.96. The minimum atomic E-state index is 0.113. The van der Waals surface area contributed by atoms with Gasteiger partial charge in [0.2, 0.25) is 5.91 Å². The lowest BCUT2D eigenvalue weighted by molar-refractivity contribution is -0.125. The molecule has 1 amide bonds. The summed E-state index contributed by atoms with van der Waals surface area (Å²) in [6.07, 6.45) is 6.14. The van der Waals surface area contributed by atoms with Crippen LogP contribution in [0.4, 0.5) is 5.82 Å². The Kier molecular flexibility index (Phi) is 5.92. The van der Waals surface area contributed by atoms with E-state index in [9.17, 15) is 4.79 Å². The summed E-state index contributed by atoms with van der Waals surface area (Å²) in [6, 6.07) is 0. The minimum Gasteiger partial charge on any atom is -0.385 e. The Balaban J connectivity index is 1.76. The van der Waals surface area contributed by atoms with Gasteiger partial charge in [-0.1, -0.05) is 0 Å². The molecule has 1 aromatic rings. The molecular weight excluding hydrogens is 268 g/mol. The predicted octanol–water partition coefficient (Wildman–Crippen LogP) is 1.15. The number of aromatic nitrogens is 2. The van der Waals surface area contributed by atoms with E-state index in [1.807, 2.05) is 6.92 Å². The van der Waals surface area contributed by atoms with Crippen LogP contribution in [0.25, 0.3) is 0 Å². The number of carbonyl (C=O) groups excluding carboxylic acids is 1. The number of aryl methyl sites for hydroxylation is 1. The number of anilines is 1. The highest BCUT2D eigenvalue weighted by Crippen LogP contribution is 2.21. The van der Waals surface area contributed by atoms with Crippen LogP contribution >= 0.6 is 0 Å². The Labute approximate surface area is 125 Å². The van der Waals surface area contributed by atoms with E-state index < -0.39 is 0 Å². The fourth-order valence-corrected chi connectivity index (χ4v) is 2.55. The monoisotopic (exact) mass is 292 g/mol. The molecule has 0 unspecified atom stereocenters. The number of hydrogen-bond donors (Lipinski definition) is 1. The minimum absolute atomic E-state index is 0.113. The summed E-state index contributed by atoms with van der Waals surface area (Å²) in [7, 11) is 1.67. The van der Waals surface area contributed by atoms with Crippen LogP contribution in [0.3, 0.4) is 0 Å². The molecule has 0 bridgehead atoms. The van der Waals surface area contributed by atoms with Crippen LogP contribution in [0.1, 0.15) is 25.0 Å². The van der Waals surface area contributed by atoms with Crippen molar-refractivity contribution < 1.29 is 9.53 Å². The van der Waals surface area contributed by atoms with Crippen LogP contribution in [0.5, 0.6) is 0 Å². The molecule has 1 aliphatic rings. The second kappa shape index (κ2) is 7.93. The lowest BCUT2D eigenvalue weighted by Crippen LogP contribution is -2.41. The summed E-state index contributed by atoms with van der Waals surface area (Å²) in [6.45, 7) is 5.03. The molecule has 6 nitrogen and oxygen atoms in total. The van der Waals surface area contributed by atoms with Crippen molar-refractivity contribution in [2.75, 3.05) is 38.3 Å². The van der Waals surface area contributed by atoms with Gasteiger partial charge in [-0.3, -0.25) is 9.78 Å². The number of piperidine rings is 1. The fourth-order valence-electron chi connectivity index (χ4n) is 2.55. The third-order valence-corrected chi connectivity index (χ3v) is 3.76. The van der Waals surface area contributed by atoms with E-state index in [0.717, 1.165) is 43.9 Å². The van der Waals surface area contributed by atoms with Crippen molar-refractivity contribution in [1.29, 1.82) is 0 Å². The molecule has 2 heterocycles. The first-order chi connectivity index (χ1) is 10.2. The number of nitrogens with one attached hydrogen (secondary N) is 1. The van der Waals surface area contributed by atoms with Crippen molar-refractivity contribution in [3.63, 3.8) is 0 Å². The van der Waals surface area contributed by atoms with E-state index in [-0.39, 0.29) is 11.8 Å². The molecule has 0 aliphatic carbocycles. The molecule has 1 fully saturated rings. The molecule has 0 saturated carbocycles. The molecule has 0 radical (unpaired) electrons. The number of amides is 1. The zero-order valence-corrected chi connectivity index (χ0v) is 12.8. The van der Waals surface area contributed by atoms with Gasteiger partial charge in [-0.05, 0) is 26.2 Å². The highest BCUT2D eigenvalue weighted by molar-refractivity contribution is 5.78. The Morgan fingerprint density at radius 3 is 2.86 bits per heavy atom. The van der Waals surface area contributed by atoms with E-state index in [4.69, 9.17) is 4.74 Å². The molecule has 1 N–H and O–H groups in total. The molecule has 1 aliphatic heterocycles. The number of hydrogen-bond acceptors (Lipinski definition) is 5. The van der Waals surface area contributed by atoms with Gasteiger partial charge in [0, 0.05) is 45.5 Å². The summed E-state index contributed by atoms with van der Waals surface area (Å²) in [4.78, 5) is 22.9. The lowest BCUT2D eigenvalue weighted by Gasteiger charge is -2.32. The van der Waals surface area contributed by atoms with Crippen LogP contribution in [0.15, 0.2) is 12.4 Å². The summed E-state index contributed by atoms with van der Waals surface area (Å²) in [5.74, 6) is 1.19. The number of methoxy groups -OCH3 is 1. The van der Waals surface area contributed by atoms with Crippen molar-refractivity contribution in [3.05, 3.63) is 18.1 Å². The molecule has 0 aromatic carbocycles. The molecule has 0 atom stereocenters. The van der Waals surface area contributed by atoms with Gasteiger partial charge in [-0.25, -0.2) is 4.98 Å². The summed E-state index contributed by atoms with van der Waals surface area (Å²) in [5.41, 5.74) is 0.922. The molecule has 6 heteroatoms. The van der Waals surface area contributed by atoms with E-state index >= 15 is 0 Å². The van der Waals surface area contributed by atoms with Crippen LogP contribution in [-0.2, 0) is 9.53 Å². The van der Waals surface area contributed by atoms with E-state index in [1.165, 1.54) is 0 Å². The first kappa shape index (κ1) is 15.7. The van der Waals surface area contributed by atoms with Gasteiger partial charge in [0.25, 0.3) is 0 Å². The summed E-state index contributed by atoms with van der Waals surface area (Å²) >= 11 is 0. The van der Waals surface area contributed by atoms with Gasteiger partial charge in [0.1, 0.15) is 5.82 Å². The molecular formula is C15H24N4O2.